The van der Waals surface area contributed by atoms with Gasteiger partial charge in [0.05, 0.1) is 0 Å². The minimum Gasteiger partial charge on any atom is -0.328 e. The number of rotatable bonds is 3. The Morgan fingerprint density at radius 1 is 1.11 bits per heavy atom. The van der Waals surface area contributed by atoms with Crippen molar-refractivity contribution in [3.05, 3.63) is 0 Å². The standard InChI is InChI=1S/C16H32N2/c1-5-18(14-8-6-13(17)7-9-14)15-11-16(3,4)10-12(15)2/h12-15H,5-11,17H2,1-4H3. The van der Waals surface area contributed by atoms with Gasteiger partial charge in [0, 0.05) is 18.1 Å². The summed E-state index contributed by atoms with van der Waals surface area (Å²) in [6.07, 6.45) is 7.86. The largest absolute Gasteiger partial charge is 0.328 e. The summed E-state index contributed by atoms with van der Waals surface area (Å²) in [6.45, 7) is 10.9. The van der Waals surface area contributed by atoms with E-state index in [0.29, 0.717) is 11.5 Å². The molecule has 0 heterocycles. The van der Waals surface area contributed by atoms with Crippen molar-refractivity contribution in [3.63, 3.8) is 0 Å². The third-order valence-corrected chi connectivity index (χ3v) is 5.29. The van der Waals surface area contributed by atoms with Gasteiger partial charge in [-0.1, -0.05) is 27.7 Å². The Kier molecular flexibility index (Phi) is 4.38. The predicted octanol–water partition coefficient (Wildman–Crippen LogP) is 3.40. The molecule has 2 aliphatic carbocycles. The summed E-state index contributed by atoms with van der Waals surface area (Å²) in [5, 5.41) is 0. The van der Waals surface area contributed by atoms with E-state index >= 15 is 0 Å². The van der Waals surface area contributed by atoms with Crippen LogP contribution in [0.15, 0.2) is 0 Å². The first-order chi connectivity index (χ1) is 8.43. The molecule has 0 amide bonds. The van der Waals surface area contributed by atoms with Gasteiger partial charge in [-0.2, -0.15) is 0 Å². The minimum atomic E-state index is 0.470. The van der Waals surface area contributed by atoms with E-state index in [9.17, 15) is 0 Å². The zero-order valence-corrected chi connectivity index (χ0v) is 12.8. The fourth-order valence-corrected chi connectivity index (χ4v) is 4.50. The molecular formula is C16H32N2. The molecule has 2 saturated carbocycles. The summed E-state index contributed by atoms with van der Waals surface area (Å²) in [5.74, 6) is 0.857. The molecule has 0 saturated heterocycles. The van der Waals surface area contributed by atoms with E-state index in [1.165, 1.54) is 45.1 Å². The predicted molar refractivity (Wildman–Crippen MR) is 78.6 cm³/mol. The molecule has 2 N–H and O–H groups in total. The van der Waals surface area contributed by atoms with Gasteiger partial charge < -0.3 is 5.73 Å². The third kappa shape index (κ3) is 3.08. The summed E-state index contributed by atoms with van der Waals surface area (Å²) in [5.41, 5.74) is 6.59. The molecule has 0 aromatic heterocycles. The summed E-state index contributed by atoms with van der Waals surface area (Å²) in [6, 6.07) is 2.08. The summed E-state index contributed by atoms with van der Waals surface area (Å²) < 4.78 is 0. The molecule has 2 aliphatic rings. The van der Waals surface area contributed by atoms with Crippen LogP contribution in [-0.4, -0.2) is 29.6 Å². The van der Waals surface area contributed by atoms with E-state index in [0.717, 1.165) is 18.0 Å². The average Bonchev–Trinajstić information content (AvgIpc) is 2.56. The first-order valence-electron chi connectivity index (χ1n) is 7.94. The first-order valence-corrected chi connectivity index (χ1v) is 7.94. The van der Waals surface area contributed by atoms with Crippen molar-refractivity contribution < 1.29 is 0 Å². The van der Waals surface area contributed by atoms with Crippen molar-refractivity contribution in [2.24, 2.45) is 17.1 Å². The second-order valence-electron chi connectivity index (χ2n) is 7.52. The molecule has 0 bridgehead atoms. The molecule has 2 nitrogen and oxygen atoms in total. The first kappa shape index (κ1) is 14.3. The van der Waals surface area contributed by atoms with Gasteiger partial charge in [0.15, 0.2) is 0 Å². The molecule has 0 aromatic rings. The van der Waals surface area contributed by atoms with Crippen LogP contribution in [0.4, 0.5) is 0 Å². The van der Waals surface area contributed by atoms with Crippen LogP contribution < -0.4 is 5.73 Å². The highest BCUT2D eigenvalue weighted by molar-refractivity contribution is 4.95. The number of hydrogen-bond donors (Lipinski definition) is 1. The van der Waals surface area contributed by atoms with Crippen molar-refractivity contribution in [1.29, 1.82) is 0 Å². The van der Waals surface area contributed by atoms with E-state index in [1.54, 1.807) is 0 Å². The summed E-state index contributed by atoms with van der Waals surface area (Å²) in [7, 11) is 0. The van der Waals surface area contributed by atoms with Gasteiger partial charge >= 0.3 is 0 Å². The van der Waals surface area contributed by atoms with E-state index in [4.69, 9.17) is 5.73 Å². The Hall–Kier alpha value is -0.0800. The van der Waals surface area contributed by atoms with E-state index in [-0.39, 0.29) is 0 Å². The van der Waals surface area contributed by atoms with Crippen LogP contribution in [0.5, 0.6) is 0 Å². The van der Waals surface area contributed by atoms with Crippen LogP contribution in [0.1, 0.15) is 66.2 Å². The molecule has 0 radical (unpaired) electrons. The third-order valence-electron chi connectivity index (χ3n) is 5.29. The SMILES string of the molecule is CCN(C1CCC(N)CC1)C1CC(C)(C)CC1C. The van der Waals surface area contributed by atoms with Gasteiger partial charge in [0.1, 0.15) is 0 Å². The van der Waals surface area contributed by atoms with E-state index in [2.05, 4.69) is 32.6 Å². The number of nitrogens with zero attached hydrogens (tertiary/aromatic N) is 1. The van der Waals surface area contributed by atoms with Gasteiger partial charge in [0.25, 0.3) is 0 Å². The molecule has 0 aromatic carbocycles. The molecule has 2 heteroatoms. The Bertz CT molecular complexity index is 266. The maximum Gasteiger partial charge on any atom is 0.0129 e. The number of nitrogens with two attached hydrogens (primary N) is 1. The van der Waals surface area contributed by atoms with Gasteiger partial charge in [-0.25, -0.2) is 0 Å². The summed E-state index contributed by atoms with van der Waals surface area (Å²) >= 11 is 0. The van der Waals surface area contributed by atoms with Crippen molar-refractivity contribution in [3.8, 4) is 0 Å². The van der Waals surface area contributed by atoms with Crippen molar-refractivity contribution in [1.82, 2.24) is 4.90 Å². The minimum absolute atomic E-state index is 0.470. The van der Waals surface area contributed by atoms with Gasteiger partial charge in [0.2, 0.25) is 0 Å². The average molecular weight is 252 g/mol. The highest BCUT2D eigenvalue weighted by atomic mass is 15.2. The van der Waals surface area contributed by atoms with Gasteiger partial charge in [-0.15, -0.1) is 0 Å². The Labute approximate surface area is 113 Å². The molecule has 2 unspecified atom stereocenters. The fraction of sp³-hybridized carbons (Fsp3) is 1.00. The second kappa shape index (κ2) is 5.50. The van der Waals surface area contributed by atoms with Crippen molar-refractivity contribution >= 4 is 0 Å². The van der Waals surface area contributed by atoms with E-state index in [1.807, 2.05) is 0 Å². The highest BCUT2D eigenvalue weighted by Crippen LogP contribution is 2.44. The topological polar surface area (TPSA) is 29.3 Å². The van der Waals surface area contributed by atoms with Crippen LogP contribution >= 0.6 is 0 Å². The highest BCUT2D eigenvalue weighted by Gasteiger charge is 2.41. The second-order valence-corrected chi connectivity index (χ2v) is 7.52. The van der Waals surface area contributed by atoms with Crippen LogP contribution in [0.2, 0.25) is 0 Å². The molecule has 0 aliphatic heterocycles. The Morgan fingerprint density at radius 2 is 1.72 bits per heavy atom. The van der Waals surface area contributed by atoms with Crippen LogP contribution in [0.3, 0.4) is 0 Å². The van der Waals surface area contributed by atoms with E-state index < -0.39 is 0 Å². The zero-order valence-electron chi connectivity index (χ0n) is 12.8. The lowest BCUT2D eigenvalue weighted by atomic mass is 9.88. The van der Waals surface area contributed by atoms with Crippen molar-refractivity contribution in [2.75, 3.05) is 6.54 Å². The fourth-order valence-electron chi connectivity index (χ4n) is 4.50. The molecule has 2 atom stereocenters. The lowest BCUT2D eigenvalue weighted by Gasteiger charge is -2.41. The molecule has 2 rings (SSSR count). The van der Waals surface area contributed by atoms with Crippen molar-refractivity contribution in [2.45, 2.75) is 84.3 Å². The molecule has 18 heavy (non-hydrogen) atoms. The van der Waals surface area contributed by atoms with Gasteiger partial charge in [-0.05, 0) is 56.4 Å². The normalized spacial score (nSPS) is 40.3. The van der Waals surface area contributed by atoms with Gasteiger partial charge in [-0.3, -0.25) is 4.90 Å². The maximum absolute atomic E-state index is 6.04. The molecular weight excluding hydrogens is 220 g/mol. The molecule has 2 fully saturated rings. The lowest BCUT2D eigenvalue weighted by molar-refractivity contribution is 0.0852. The lowest BCUT2D eigenvalue weighted by Crippen LogP contribution is -2.47. The quantitative estimate of drug-likeness (QED) is 0.834. The van der Waals surface area contributed by atoms with Crippen LogP contribution in [0, 0.1) is 11.3 Å². The Morgan fingerprint density at radius 3 is 2.17 bits per heavy atom. The zero-order chi connectivity index (χ0) is 13.3. The van der Waals surface area contributed by atoms with Crippen LogP contribution in [0.25, 0.3) is 0 Å². The Balaban J connectivity index is 2.00. The summed E-state index contributed by atoms with van der Waals surface area (Å²) in [4.78, 5) is 2.81. The smallest absolute Gasteiger partial charge is 0.0129 e. The maximum atomic E-state index is 6.04. The van der Waals surface area contributed by atoms with Crippen LogP contribution in [-0.2, 0) is 0 Å². The molecule has 106 valence electrons. The number of hydrogen-bond acceptors (Lipinski definition) is 2. The molecule has 0 spiro atoms. The monoisotopic (exact) mass is 252 g/mol.